The van der Waals surface area contributed by atoms with Gasteiger partial charge in [0, 0.05) is 43.8 Å². The van der Waals surface area contributed by atoms with Crippen molar-refractivity contribution in [3.05, 3.63) is 76.3 Å². The zero-order valence-electron chi connectivity index (χ0n) is 20.5. The van der Waals surface area contributed by atoms with Crippen LogP contribution in [-0.2, 0) is 17.5 Å². The molecule has 9 heteroatoms. The molecule has 4 rings (SSSR count). The summed E-state index contributed by atoms with van der Waals surface area (Å²) in [5, 5.41) is 4.81. The van der Waals surface area contributed by atoms with E-state index in [-0.39, 0.29) is 5.91 Å². The highest BCUT2D eigenvalue weighted by Crippen LogP contribution is 2.33. The van der Waals surface area contributed by atoms with E-state index in [1.54, 1.807) is 11.0 Å². The highest BCUT2D eigenvalue weighted by atomic mass is 35.5. The molecule has 0 aromatic heterocycles. The number of piperidine rings is 2. The molecule has 37 heavy (non-hydrogen) atoms. The molecule has 4 nitrogen and oxygen atoms in total. The van der Waals surface area contributed by atoms with Crippen LogP contribution in [0.3, 0.4) is 0 Å². The number of hydrogen-bond acceptors (Lipinski definition) is 2. The zero-order chi connectivity index (χ0) is 26.4. The minimum atomic E-state index is -4.40. The van der Waals surface area contributed by atoms with Crippen molar-refractivity contribution < 1.29 is 18.0 Å². The molecule has 0 aliphatic carbocycles. The number of alkyl halides is 3. The Kier molecular flexibility index (Phi) is 9.13. The number of nitrogens with zero attached hydrogens (tertiary/aromatic N) is 2. The summed E-state index contributed by atoms with van der Waals surface area (Å²) >= 11 is 11.8. The first-order valence-electron chi connectivity index (χ1n) is 12.6. The smallest absolute Gasteiger partial charge is 0.358 e. The molecule has 2 aliphatic heterocycles. The number of halogens is 4. The van der Waals surface area contributed by atoms with Crippen molar-refractivity contribution in [2.75, 3.05) is 26.2 Å². The van der Waals surface area contributed by atoms with Gasteiger partial charge < -0.3 is 15.1 Å². The van der Waals surface area contributed by atoms with Crippen molar-refractivity contribution in [1.82, 2.24) is 15.1 Å². The number of carbonyl (C=O) groups excluding carboxylic acids is 1. The van der Waals surface area contributed by atoms with Gasteiger partial charge in [0.2, 0.25) is 5.91 Å². The topological polar surface area (TPSA) is 35.6 Å². The molecule has 0 unspecified atom stereocenters. The average molecular weight is 550 g/mol. The first-order valence-corrected chi connectivity index (χ1v) is 13.4. The first kappa shape index (κ1) is 27.5. The molecule has 2 heterocycles. The van der Waals surface area contributed by atoms with E-state index in [9.17, 15) is 18.0 Å². The van der Waals surface area contributed by atoms with Crippen LogP contribution in [0.4, 0.5) is 13.2 Å². The van der Waals surface area contributed by atoms with Crippen LogP contribution >= 0.6 is 23.8 Å². The van der Waals surface area contributed by atoms with Crippen LogP contribution in [0.5, 0.6) is 0 Å². The molecular formula is C28H31ClF3N3OS. The number of carbonyl (C=O) groups is 1. The lowest BCUT2D eigenvalue weighted by Gasteiger charge is -2.40. The number of likely N-dealkylation sites (tertiary alicyclic amines) is 2. The Hall–Kier alpha value is -2.58. The number of nitrogens with one attached hydrogen (secondary N) is 1. The van der Waals surface area contributed by atoms with Gasteiger partial charge in [0.1, 0.15) is 0 Å². The second kappa shape index (κ2) is 12.3. The molecule has 1 amide bonds. The standard InChI is InChI=1S/C28H31ClF3N3OS/c29-25-7-2-1-5-23(25)19-33-27(37)35-16-12-22(13-17-35)21-10-14-34(15-11-21)26(36)9-8-20-4-3-6-24(18-20)28(30,31)32/h1-9,18,21-22H,10-17,19H2,(H,33,37)/b9-8+. The zero-order valence-corrected chi connectivity index (χ0v) is 22.1. The molecule has 0 bridgehead atoms. The van der Waals surface area contributed by atoms with E-state index in [1.807, 2.05) is 24.3 Å². The van der Waals surface area contributed by atoms with E-state index in [2.05, 4.69) is 10.2 Å². The third-order valence-corrected chi connectivity index (χ3v) is 8.14. The molecule has 2 aliphatic rings. The minimum Gasteiger partial charge on any atom is -0.358 e. The van der Waals surface area contributed by atoms with Crippen molar-refractivity contribution in [2.45, 2.75) is 38.4 Å². The summed E-state index contributed by atoms with van der Waals surface area (Å²) in [6.07, 6.45) is 2.48. The number of benzene rings is 2. The number of rotatable bonds is 5. The van der Waals surface area contributed by atoms with Gasteiger partial charge in [-0.05, 0) is 85.1 Å². The molecule has 0 saturated carbocycles. The van der Waals surface area contributed by atoms with Gasteiger partial charge in [-0.2, -0.15) is 13.2 Å². The minimum absolute atomic E-state index is 0.152. The fourth-order valence-electron chi connectivity index (χ4n) is 5.18. The van der Waals surface area contributed by atoms with Gasteiger partial charge in [-0.3, -0.25) is 4.79 Å². The number of hydrogen-bond donors (Lipinski definition) is 1. The van der Waals surface area contributed by atoms with E-state index in [4.69, 9.17) is 23.8 Å². The molecule has 2 aromatic carbocycles. The van der Waals surface area contributed by atoms with E-state index >= 15 is 0 Å². The third-order valence-electron chi connectivity index (χ3n) is 7.37. The van der Waals surface area contributed by atoms with Crippen LogP contribution in [0, 0.1) is 11.8 Å². The van der Waals surface area contributed by atoms with Gasteiger partial charge in [-0.25, -0.2) is 0 Å². The van der Waals surface area contributed by atoms with Crippen molar-refractivity contribution in [3.63, 3.8) is 0 Å². The Morgan fingerprint density at radius 1 is 0.973 bits per heavy atom. The monoisotopic (exact) mass is 549 g/mol. The van der Waals surface area contributed by atoms with E-state index < -0.39 is 11.7 Å². The normalized spacial score (nSPS) is 17.8. The predicted molar refractivity (Wildman–Crippen MR) is 145 cm³/mol. The maximum absolute atomic E-state index is 12.9. The van der Waals surface area contributed by atoms with Crippen LogP contribution in [0.15, 0.2) is 54.6 Å². The fourth-order valence-corrected chi connectivity index (χ4v) is 5.64. The SMILES string of the molecule is O=C(/C=C/c1cccc(C(F)(F)F)c1)N1CCC(C2CCN(C(=S)NCc3ccccc3Cl)CC2)CC1. The summed E-state index contributed by atoms with van der Waals surface area (Å²) < 4.78 is 38.7. The quantitative estimate of drug-likeness (QED) is 0.346. The summed E-state index contributed by atoms with van der Waals surface area (Å²) in [5.74, 6) is 1.03. The second-order valence-electron chi connectivity index (χ2n) is 9.69. The van der Waals surface area contributed by atoms with Gasteiger partial charge in [-0.15, -0.1) is 0 Å². The molecule has 0 spiro atoms. The molecule has 0 radical (unpaired) electrons. The van der Waals surface area contributed by atoms with E-state index in [1.165, 1.54) is 18.2 Å². The van der Waals surface area contributed by atoms with Gasteiger partial charge >= 0.3 is 6.18 Å². The molecule has 2 saturated heterocycles. The van der Waals surface area contributed by atoms with Gasteiger partial charge in [0.25, 0.3) is 0 Å². The van der Waals surface area contributed by atoms with Crippen molar-refractivity contribution >= 4 is 40.9 Å². The molecule has 2 aromatic rings. The second-order valence-corrected chi connectivity index (χ2v) is 10.5. The lowest BCUT2D eigenvalue weighted by atomic mass is 9.79. The van der Waals surface area contributed by atoms with Crippen LogP contribution < -0.4 is 5.32 Å². The van der Waals surface area contributed by atoms with Gasteiger partial charge in [0.15, 0.2) is 5.11 Å². The predicted octanol–water partition coefficient (Wildman–Crippen LogP) is 6.40. The Bertz CT molecular complexity index is 1120. The van der Waals surface area contributed by atoms with Crippen molar-refractivity contribution in [3.8, 4) is 0 Å². The number of amides is 1. The van der Waals surface area contributed by atoms with Crippen LogP contribution in [0.1, 0.15) is 42.4 Å². The largest absolute Gasteiger partial charge is 0.416 e. The van der Waals surface area contributed by atoms with Crippen molar-refractivity contribution in [2.24, 2.45) is 11.8 Å². The fraction of sp³-hybridized carbons (Fsp3) is 0.429. The molecule has 1 N–H and O–H groups in total. The van der Waals surface area contributed by atoms with E-state index in [0.29, 0.717) is 37.0 Å². The Morgan fingerprint density at radius 3 is 2.22 bits per heavy atom. The average Bonchev–Trinajstić information content (AvgIpc) is 2.91. The van der Waals surface area contributed by atoms with Crippen LogP contribution in [0.2, 0.25) is 5.02 Å². The Labute approximate surface area is 226 Å². The summed E-state index contributed by atoms with van der Waals surface area (Å²) in [7, 11) is 0. The van der Waals surface area contributed by atoms with Gasteiger partial charge in [-0.1, -0.05) is 41.9 Å². The highest BCUT2D eigenvalue weighted by Gasteiger charge is 2.32. The van der Waals surface area contributed by atoms with Crippen molar-refractivity contribution in [1.29, 1.82) is 0 Å². The molecule has 2 fully saturated rings. The summed E-state index contributed by atoms with van der Waals surface area (Å²) in [5.41, 5.74) is 0.669. The molecular weight excluding hydrogens is 519 g/mol. The lowest BCUT2D eigenvalue weighted by Crippen LogP contribution is -2.46. The summed E-state index contributed by atoms with van der Waals surface area (Å²) in [6, 6.07) is 12.7. The number of thiocarbonyl (C=S) groups is 1. The van der Waals surface area contributed by atoms with E-state index in [0.717, 1.165) is 66.6 Å². The van der Waals surface area contributed by atoms with Crippen LogP contribution in [0.25, 0.3) is 6.08 Å². The van der Waals surface area contributed by atoms with Crippen LogP contribution in [-0.4, -0.2) is 47.0 Å². The maximum atomic E-state index is 12.9. The Morgan fingerprint density at radius 2 is 1.59 bits per heavy atom. The third kappa shape index (κ3) is 7.48. The first-order chi connectivity index (χ1) is 17.7. The summed E-state index contributed by atoms with van der Waals surface area (Å²) in [4.78, 5) is 16.6. The molecule has 198 valence electrons. The molecule has 0 atom stereocenters. The lowest BCUT2D eigenvalue weighted by molar-refractivity contribution is -0.137. The van der Waals surface area contributed by atoms with Gasteiger partial charge in [0.05, 0.1) is 5.56 Å². The Balaban J connectivity index is 1.19. The highest BCUT2D eigenvalue weighted by molar-refractivity contribution is 7.80. The summed E-state index contributed by atoms with van der Waals surface area (Å²) in [6.45, 7) is 3.78. The maximum Gasteiger partial charge on any atom is 0.416 e.